The van der Waals surface area contributed by atoms with Gasteiger partial charge in [0.25, 0.3) is 5.91 Å². The number of carbonyl (C=O) groups excluding carboxylic acids is 1. The van der Waals surface area contributed by atoms with Crippen LogP contribution in [0, 0.1) is 6.92 Å². The van der Waals surface area contributed by atoms with E-state index in [1.807, 2.05) is 5.32 Å². The zero-order valence-corrected chi connectivity index (χ0v) is 14.3. The van der Waals surface area contributed by atoms with E-state index in [4.69, 9.17) is 0 Å². The number of anilines is 1. The topological polar surface area (TPSA) is 46.9 Å². The number of nitrogens with one attached hydrogen (secondary N) is 1. The standard InChI is InChI=1S/C14H10BrF6N3O/c1-6-10(15)11(23-24(6)2)12(25)22-9-4-7(13(16,17)18)3-8(5-9)14(19,20)21/h3-5H,1-2H3,(H,22,25). The smallest absolute Gasteiger partial charge is 0.321 e. The molecule has 0 saturated carbocycles. The number of aromatic nitrogens is 2. The summed E-state index contributed by atoms with van der Waals surface area (Å²) in [5.41, 5.74) is -3.28. The first-order valence-corrected chi connectivity index (χ1v) is 7.40. The summed E-state index contributed by atoms with van der Waals surface area (Å²) in [6, 6.07) is 0.837. The van der Waals surface area contributed by atoms with Gasteiger partial charge in [-0.15, -0.1) is 0 Å². The van der Waals surface area contributed by atoms with Crippen LogP contribution in [0.3, 0.4) is 0 Å². The van der Waals surface area contributed by atoms with Crippen LogP contribution < -0.4 is 5.32 Å². The third-order valence-corrected chi connectivity index (χ3v) is 4.27. The van der Waals surface area contributed by atoms with Gasteiger partial charge in [0, 0.05) is 12.7 Å². The Labute approximate surface area is 145 Å². The van der Waals surface area contributed by atoms with Gasteiger partial charge in [0.05, 0.1) is 21.3 Å². The number of hydrogen-bond donors (Lipinski definition) is 1. The quantitative estimate of drug-likeness (QED) is 0.698. The predicted molar refractivity (Wildman–Crippen MR) is 80.0 cm³/mol. The van der Waals surface area contributed by atoms with Crippen molar-refractivity contribution in [2.75, 3.05) is 5.32 Å². The van der Waals surface area contributed by atoms with Gasteiger partial charge >= 0.3 is 12.4 Å². The second-order valence-electron chi connectivity index (χ2n) is 5.12. The molecule has 0 spiro atoms. The largest absolute Gasteiger partial charge is 0.416 e. The van der Waals surface area contributed by atoms with Crippen molar-refractivity contribution in [3.63, 3.8) is 0 Å². The fourth-order valence-corrected chi connectivity index (χ4v) is 2.46. The van der Waals surface area contributed by atoms with Crippen LogP contribution in [0.2, 0.25) is 0 Å². The van der Waals surface area contributed by atoms with Crippen molar-refractivity contribution in [1.82, 2.24) is 9.78 Å². The zero-order valence-electron chi connectivity index (χ0n) is 12.7. The fraction of sp³-hybridized carbons (Fsp3) is 0.286. The molecule has 0 radical (unpaired) electrons. The van der Waals surface area contributed by atoms with Gasteiger partial charge in [0.2, 0.25) is 0 Å². The van der Waals surface area contributed by atoms with Crippen LogP contribution in [0.5, 0.6) is 0 Å². The van der Waals surface area contributed by atoms with E-state index in [1.54, 1.807) is 6.92 Å². The van der Waals surface area contributed by atoms with Gasteiger partial charge in [-0.3, -0.25) is 9.48 Å². The number of carbonyl (C=O) groups is 1. The van der Waals surface area contributed by atoms with Gasteiger partial charge in [0.1, 0.15) is 0 Å². The van der Waals surface area contributed by atoms with Gasteiger partial charge in [-0.25, -0.2) is 0 Å². The molecule has 0 unspecified atom stereocenters. The molecule has 0 aliphatic heterocycles. The van der Waals surface area contributed by atoms with Crippen LogP contribution in [0.25, 0.3) is 0 Å². The van der Waals surface area contributed by atoms with Gasteiger partial charge in [0.15, 0.2) is 5.69 Å². The van der Waals surface area contributed by atoms with Crippen LogP contribution in [0.4, 0.5) is 32.0 Å². The van der Waals surface area contributed by atoms with Gasteiger partial charge < -0.3 is 5.32 Å². The molecule has 0 aliphatic carbocycles. The second-order valence-corrected chi connectivity index (χ2v) is 5.91. The number of rotatable bonds is 2. The van der Waals surface area contributed by atoms with E-state index in [0.29, 0.717) is 17.8 Å². The molecule has 1 N–H and O–H groups in total. The maximum atomic E-state index is 12.8. The van der Waals surface area contributed by atoms with Crippen molar-refractivity contribution in [2.45, 2.75) is 19.3 Å². The normalized spacial score (nSPS) is 12.4. The van der Waals surface area contributed by atoms with Crippen molar-refractivity contribution >= 4 is 27.5 Å². The third kappa shape index (κ3) is 4.14. The molecule has 1 aromatic carbocycles. The zero-order chi connectivity index (χ0) is 19.2. The lowest BCUT2D eigenvalue weighted by atomic mass is 10.1. The molecule has 0 fully saturated rings. The number of aryl methyl sites for hydroxylation is 1. The van der Waals surface area contributed by atoms with E-state index < -0.39 is 35.1 Å². The molecule has 136 valence electrons. The average Bonchev–Trinajstić information content (AvgIpc) is 2.73. The molecule has 0 atom stereocenters. The van der Waals surface area contributed by atoms with Crippen LogP contribution in [-0.4, -0.2) is 15.7 Å². The number of halogens is 7. The lowest BCUT2D eigenvalue weighted by Crippen LogP contribution is -2.16. The first-order chi connectivity index (χ1) is 11.3. The van der Waals surface area contributed by atoms with Crippen molar-refractivity contribution in [2.24, 2.45) is 7.05 Å². The molecular formula is C14H10BrF6N3O. The maximum Gasteiger partial charge on any atom is 0.416 e. The molecule has 25 heavy (non-hydrogen) atoms. The van der Waals surface area contributed by atoms with Crippen LogP contribution in [-0.2, 0) is 19.4 Å². The van der Waals surface area contributed by atoms with E-state index in [1.165, 1.54) is 11.7 Å². The lowest BCUT2D eigenvalue weighted by molar-refractivity contribution is -0.143. The Hall–Kier alpha value is -2.04. The highest BCUT2D eigenvalue weighted by Crippen LogP contribution is 2.37. The highest BCUT2D eigenvalue weighted by atomic mass is 79.9. The molecule has 11 heteroatoms. The van der Waals surface area contributed by atoms with E-state index in [0.717, 1.165) is 0 Å². The summed E-state index contributed by atoms with van der Waals surface area (Å²) in [5, 5.41) is 5.88. The first kappa shape index (κ1) is 19.3. The lowest BCUT2D eigenvalue weighted by Gasteiger charge is -2.14. The average molecular weight is 430 g/mol. The van der Waals surface area contributed by atoms with Crippen LogP contribution in [0.15, 0.2) is 22.7 Å². The Morgan fingerprint density at radius 3 is 1.92 bits per heavy atom. The van der Waals surface area contributed by atoms with Gasteiger partial charge in [-0.2, -0.15) is 31.4 Å². The number of hydrogen-bond acceptors (Lipinski definition) is 2. The minimum atomic E-state index is -5.00. The summed E-state index contributed by atoms with van der Waals surface area (Å²) in [7, 11) is 1.53. The summed E-state index contributed by atoms with van der Waals surface area (Å²) < 4.78 is 78.5. The molecular weight excluding hydrogens is 420 g/mol. The molecule has 0 aliphatic rings. The summed E-state index contributed by atoms with van der Waals surface area (Å²) in [4.78, 5) is 12.1. The first-order valence-electron chi connectivity index (χ1n) is 6.60. The number of amides is 1. The molecule has 1 aromatic heterocycles. The Morgan fingerprint density at radius 1 is 1.08 bits per heavy atom. The van der Waals surface area contributed by atoms with E-state index in [2.05, 4.69) is 21.0 Å². The molecule has 2 rings (SSSR count). The maximum absolute atomic E-state index is 12.8. The predicted octanol–water partition coefficient (Wildman–Crippen LogP) is 4.78. The van der Waals surface area contributed by atoms with Gasteiger partial charge in [-0.05, 0) is 41.1 Å². The van der Waals surface area contributed by atoms with E-state index in [9.17, 15) is 31.1 Å². The minimum absolute atomic E-state index is 0.0174. The van der Waals surface area contributed by atoms with Crippen molar-refractivity contribution < 1.29 is 31.1 Å². The summed E-state index contributed by atoms with van der Waals surface area (Å²) in [5.74, 6) is -0.942. The Balaban J connectivity index is 2.44. The van der Waals surface area contributed by atoms with Crippen molar-refractivity contribution in [3.05, 3.63) is 45.2 Å². The SMILES string of the molecule is Cc1c(Br)c(C(=O)Nc2cc(C(F)(F)F)cc(C(F)(F)F)c2)nn1C. The van der Waals surface area contributed by atoms with Crippen LogP contribution >= 0.6 is 15.9 Å². The summed E-state index contributed by atoms with van der Waals surface area (Å²) in [6.45, 7) is 1.62. The van der Waals surface area contributed by atoms with Crippen molar-refractivity contribution in [3.8, 4) is 0 Å². The van der Waals surface area contributed by atoms with Crippen LogP contribution in [0.1, 0.15) is 27.3 Å². The van der Waals surface area contributed by atoms with Gasteiger partial charge in [-0.1, -0.05) is 0 Å². The Kier molecular flexibility index (Phi) is 4.90. The number of nitrogens with zero attached hydrogens (tertiary/aromatic N) is 2. The fourth-order valence-electron chi connectivity index (χ4n) is 1.94. The molecule has 1 amide bonds. The van der Waals surface area contributed by atoms with E-state index >= 15 is 0 Å². The second kappa shape index (κ2) is 6.36. The summed E-state index contributed by atoms with van der Waals surface area (Å²) in [6.07, 6.45) is -9.99. The molecule has 0 bridgehead atoms. The molecule has 4 nitrogen and oxygen atoms in total. The molecule has 0 saturated heterocycles. The molecule has 1 heterocycles. The highest BCUT2D eigenvalue weighted by Gasteiger charge is 2.37. The third-order valence-electron chi connectivity index (χ3n) is 3.32. The van der Waals surface area contributed by atoms with E-state index in [-0.39, 0.29) is 16.2 Å². The summed E-state index contributed by atoms with van der Waals surface area (Å²) >= 11 is 3.10. The van der Waals surface area contributed by atoms with Crippen molar-refractivity contribution in [1.29, 1.82) is 0 Å². The Bertz CT molecular complexity index is 793. The monoisotopic (exact) mass is 429 g/mol. The Morgan fingerprint density at radius 2 is 1.56 bits per heavy atom. The number of benzene rings is 1. The molecule has 2 aromatic rings. The minimum Gasteiger partial charge on any atom is -0.321 e. The highest BCUT2D eigenvalue weighted by molar-refractivity contribution is 9.10. The number of alkyl halides is 6.